The summed E-state index contributed by atoms with van der Waals surface area (Å²) in [5, 5.41) is 3.87. The van der Waals surface area contributed by atoms with Gasteiger partial charge in [-0.15, -0.1) is 0 Å². The van der Waals surface area contributed by atoms with Crippen molar-refractivity contribution in [1.82, 2.24) is 14.9 Å². The Morgan fingerprint density at radius 2 is 2.42 bits per heavy atom. The summed E-state index contributed by atoms with van der Waals surface area (Å²) in [6, 6.07) is 3.68. The maximum Gasteiger partial charge on any atom is 0.193 e. The van der Waals surface area contributed by atoms with Crippen LogP contribution in [0.1, 0.15) is 36.0 Å². The summed E-state index contributed by atoms with van der Waals surface area (Å²) in [5.74, 6) is 2.59. The number of nitrogens with one attached hydrogen (secondary N) is 1. The second-order valence-electron chi connectivity index (χ2n) is 5.11. The molecule has 3 heterocycles. The number of imidazole rings is 1. The third kappa shape index (κ3) is 2.85. The summed E-state index contributed by atoms with van der Waals surface area (Å²) < 4.78 is 7.62. The van der Waals surface area contributed by atoms with Crippen LogP contribution in [0.4, 0.5) is 0 Å². The number of furan rings is 1. The highest BCUT2D eigenvalue weighted by Gasteiger charge is 2.21. The molecule has 5 heteroatoms. The average molecular weight is 280 g/mol. The Hall–Kier alpha value is -1.26. The summed E-state index contributed by atoms with van der Waals surface area (Å²) in [5.41, 5.74) is 1.11. The van der Waals surface area contributed by atoms with Crippen LogP contribution in [0.15, 0.2) is 22.7 Å². The highest BCUT2D eigenvalue weighted by atomic mass is 35.5. The monoisotopic (exact) mass is 279 g/mol. The molecular formula is C14H18ClN3O. The van der Waals surface area contributed by atoms with Crippen molar-refractivity contribution in [2.24, 2.45) is 0 Å². The molecule has 0 aromatic carbocycles. The first-order valence-electron chi connectivity index (χ1n) is 6.71. The van der Waals surface area contributed by atoms with Crippen LogP contribution in [-0.2, 0) is 13.1 Å². The van der Waals surface area contributed by atoms with Gasteiger partial charge in [-0.25, -0.2) is 4.98 Å². The quantitative estimate of drug-likeness (QED) is 0.935. The molecule has 1 N–H and O–H groups in total. The molecule has 1 aliphatic heterocycles. The lowest BCUT2D eigenvalue weighted by Gasteiger charge is -2.23. The van der Waals surface area contributed by atoms with Crippen molar-refractivity contribution in [2.45, 2.75) is 38.8 Å². The van der Waals surface area contributed by atoms with E-state index in [1.54, 1.807) is 6.07 Å². The van der Waals surface area contributed by atoms with Gasteiger partial charge in [0.05, 0.1) is 12.2 Å². The van der Waals surface area contributed by atoms with Crippen molar-refractivity contribution in [1.29, 1.82) is 0 Å². The molecule has 1 atom stereocenters. The highest BCUT2D eigenvalue weighted by Crippen LogP contribution is 2.26. The van der Waals surface area contributed by atoms with E-state index in [0.29, 0.717) is 17.7 Å². The standard InChI is InChI=1S/C14H18ClN3O/c1-10-9-18-6-2-3-11(14(18)17-10)7-16-8-12-4-5-13(15)19-12/h4-5,9,11,16H,2-3,6-8H2,1H3/t11-/m0/s1. The molecule has 2 aromatic heterocycles. The van der Waals surface area contributed by atoms with Crippen molar-refractivity contribution in [3.63, 3.8) is 0 Å². The number of aromatic nitrogens is 2. The largest absolute Gasteiger partial charge is 0.448 e. The number of halogens is 1. The summed E-state index contributed by atoms with van der Waals surface area (Å²) in [6.45, 7) is 4.79. The van der Waals surface area contributed by atoms with E-state index in [1.165, 1.54) is 18.7 Å². The molecule has 4 nitrogen and oxygen atoms in total. The predicted octanol–water partition coefficient (Wildman–Crippen LogP) is 3.11. The number of hydrogen-bond acceptors (Lipinski definition) is 3. The van der Waals surface area contributed by atoms with Crippen LogP contribution in [0.5, 0.6) is 0 Å². The molecule has 3 rings (SSSR count). The number of aryl methyl sites for hydroxylation is 2. The van der Waals surface area contributed by atoms with Crippen molar-refractivity contribution in [3.8, 4) is 0 Å². The lowest BCUT2D eigenvalue weighted by Crippen LogP contribution is -2.26. The van der Waals surface area contributed by atoms with Crippen LogP contribution < -0.4 is 5.32 Å². The predicted molar refractivity (Wildman–Crippen MR) is 74.4 cm³/mol. The minimum Gasteiger partial charge on any atom is -0.448 e. The van der Waals surface area contributed by atoms with E-state index >= 15 is 0 Å². The van der Waals surface area contributed by atoms with Crippen LogP contribution in [0.25, 0.3) is 0 Å². The molecule has 0 spiro atoms. The Morgan fingerprint density at radius 3 is 3.21 bits per heavy atom. The molecule has 1 aliphatic rings. The Kier molecular flexibility index (Phi) is 3.62. The summed E-state index contributed by atoms with van der Waals surface area (Å²) in [6.07, 6.45) is 4.57. The molecule has 2 aromatic rings. The fourth-order valence-electron chi connectivity index (χ4n) is 2.72. The van der Waals surface area contributed by atoms with E-state index in [9.17, 15) is 0 Å². The van der Waals surface area contributed by atoms with Crippen LogP contribution in [0.2, 0.25) is 5.22 Å². The number of rotatable bonds is 4. The molecule has 0 saturated heterocycles. The van der Waals surface area contributed by atoms with E-state index in [1.807, 2.05) is 6.07 Å². The maximum absolute atomic E-state index is 5.75. The zero-order valence-electron chi connectivity index (χ0n) is 11.0. The van der Waals surface area contributed by atoms with Crippen molar-refractivity contribution < 1.29 is 4.42 Å². The molecule has 19 heavy (non-hydrogen) atoms. The average Bonchev–Trinajstić information content (AvgIpc) is 2.95. The fourth-order valence-corrected chi connectivity index (χ4v) is 2.88. The summed E-state index contributed by atoms with van der Waals surface area (Å²) in [4.78, 5) is 4.64. The SMILES string of the molecule is Cc1cn2c(n1)[C@H](CNCc1ccc(Cl)o1)CCC2. The second-order valence-corrected chi connectivity index (χ2v) is 5.48. The summed E-state index contributed by atoms with van der Waals surface area (Å²) >= 11 is 5.75. The zero-order valence-corrected chi connectivity index (χ0v) is 11.8. The van der Waals surface area contributed by atoms with E-state index in [4.69, 9.17) is 16.0 Å². The smallest absolute Gasteiger partial charge is 0.193 e. The normalized spacial score (nSPS) is 18.5. The zero-order chi connectivity index (χ0) is 13.2. The Bertz CT molecular complexity index is 561. The minimum absolute atomic E-state index is 0.445. The van der Waals surface area contributed by atoms with Crippen LogP contribution in [-0.4, -0.2) is 16.1 Å². The number of nitrogens with zero attached hydrogens (tertiary/aromatic N) is 2. The molecule has 0 unspecified atom stereocenters. The second kappa shape index (κ2) is 5.39. The molecule has 0 radical (unpaired) electrons. The van der Waals surface area contributed by atoms with Crippen molar-refractivity contribution >= 4 is 11.6 Å². The summed E-state index contributed by atoms with van der Waals surface area (Å²) in [7, 11) is 0. The van der Waals surface area contributed by atoms with Gasteiger partial charge in [-0.2, -0.15) is 0 Å². The third-order valence-corrected chi connectivity index (χ3v) is 3.77. The first kappa shape index (κ1) is 12.8. The van der Waals surface area contributed by atoms with Crippen LogP contribution >= 0.6 is 11.6 Å². The Morgan fingerprint density at radius 1 is 1.53 bits per heavy atom. The topological polar surface area (TPSA) is 43.0 Å². The third-order valence-electron chi connectivity index (χ3n) is 3.56. The lowest BCUT2D eigenvalue weighted by molar-refractivity contribution is 0.410. The van der Waals surface area contributed by atoms with Crippen LogP contribution in [0, 0.1) is 6.92 Å². The van der Waals surface area contributed by atoms with Crippen molar-refractivity contribution in [3.05, 3.63) is 40.8 Å². The number of fused-ring (bicyclic) bond motifs is 1. The van der Waals surface area contributed by atoms with Gasteiger partial charge in [0, 0.05) is 25.2 Å². The van der Waals surface area contributed by atoms with E-state index in [0.717, 1.165) is 24.5 Å². The van der Waals surface area contributed by atoms with Gasteiger partial charge in [0.15, 0.2) is 5.22 Å². The first-order valence-corrected chi connectivity index (χ1v) is 7.09. The highest BCUT2D eigenvalue weighted by molar-refractivity contribution is 6.28. The minimum atomic E-state index is 0.445. The lowest BCUT2D eigenvalue weighted by atomic mass is 9.99. The van der Waals surface area contributed by atoms with Gasteiger partial charge < -0.3 is 14.3 Å². The van der Waals surface area contributed by atoms with Gasteiger partial charge in [0.2, 0.25) is 0 Å². The Labute approximate surface area is 117 Å². The fraction of sp³-hybridized carbons (Fsp3) is 0.500. The molecule has 0 bridgehead atoms. The number of hydrogen-bond donors (Lipinski definition) is 1. The van der Waals surface area contributed by atoms with E-state index in [2.05, 4.69) is 28.0 Å². The van der Waals surface area contributed by atoms with Gasteiger partial charge in [-0.05, 0) is 43.5 Å². The molecule has 0 aliphatic carbocycles. The van der Waals surface area contributed by atoms with Crippen molar-refractivity contribution in [2.75, 3.05) is 6.54 Å². The van der Waals surface area contributed by atoms with Gasteiger partial charge in [0.25, 0.3) is 0 Å². The molecule has 0 amide bonds. The van der Waals surface area contributed by atoms with E-state index in [-0.39, 0.29) is 0 Å². The first-order chi connectivity index (χ1) is 9.22. The van der Waals surface area contributed by atoms with Crippen LogP contribution in [0.3, 0.4) is 0 Å². The van der Waals surface area contributed by atoms with E-state index < -0.39 is 0 Å². The Balaban J connectivity index is 1.59. The maximum atomic E-state index is 5.75. The molecular weight excluding hydrogens is 262 g/mol. The van der Waals surface area contributed by atoms with Gasteiger partial charge in [-0.1, -0.05) is 0 Å². The van der Waals surface area contributed by atoms with Gasteiger partial charge >= 0.3 is 0 Å². The molecule has 0 fully saturated rings. The van der Waals surface area contributed by atoms with Gasteiger partial charge in [0.1, 0.15) is 11.6 Å². The molecule has 0 saturated carbocycles. The molecule has 102 valence electrons. The van der Waals surface area contributed by atoms with Gasteiger partial charge in [-0.3, -0.25) is 0 Å².